The molecule has 0 spiro atoms. The Labute approximate surface area is 82.1 Å². The van der Waals surface area contributed by atoms with E-state index in [2.05, 4.69) is 5.32 Å². The van der Waals surface area contributed by atoms with Gasteiger partial charge < -0.3 is 10.1 Å². The van der Waals surface area contributed by atoms with Gasteiger partial charge in [0, 0.05) is 19.0 Å². The number of para-hydroxylation sites is 1. The topological polar surface area (TPSA) is 21.3 Å². The van der Waals surface area contributed by atoms with Gasteiger partial charge in [-0.3, -0.25) is 0 Å². The smallest absolute Gasteiger partial charge is 0.165 e. The van der Waals surface area contributed by atoms with Crippen LogP contribution in [0.1, 0.15) is 5.56 Å². The lowest BCUT2D eigenvalue weighted by Gasteiger charge is -2.28. The number of hydrogen-bond donors (Lipinski definition) is 1. The largest absolute Gasteiger partial charge is 0.485 e. The normalized spacial score (nSPS) is 29.2. The molecule has 1 saturated heterocycles. The highest BCUT2D eigenvalue weighted by atomic mass is 19.1. The Kier molecular flexibility index (Phi) is 1.74. The maximum atomic E-state index is 13.4. The van der Waals surface area contributed by atoms with E-state index in [0.717, 1.165) is 25.1 Å². The number of hydrogen-bond acceptors (Lipinski definition) is 2. The molecule has 1 aromatic carbocycles. The fraction of sp³-hybridized carbons (Fsp3) is 0.455. The van der Waals surface area contributed by atoms with E-state index in [9.17, 15) is 4.39 Å². The maximum absolute atomic E-state index is 13.4. The zero-order valence-electron chi connectivity index (χ0n) is 7.79. The predicted molar refractivity (Wildman–Crippen MR) is 50.9 cm³/mol. The molecule has 1 fully saturated rings. The summed E-state index contributed by atoms with van der Waals surface area (Å²) in [6, 6.07) is 5.16. The average molecular weight is 193 g/mol. The molecule has 0 aliphatic carbocycles. The molecule has 14 heavy (non-hydrogen) atoms. The fourth-order valence-corrected chi connectivity index (χ4v) is 2.33. The van der Waals surface area contributed by atoms with Crippen molar-refractivity contribution >= 4 is 0 Å². The second kappa shape index (κ2) is 2.95. The lowest BCUT2D eigenvalue weighted by atomic mass is 9.93. The molecule has 2 aliphatic heterocycles. The lowest BCUT2D eigenvalue weighted by molar-refractivity contribution is 0.145. The molecule has 2 heterocycles. The average Bonchev–Trinajstić information content (AvgIpc) is 2.62. The zero-order chi connectivity index (χ0) is 9.54. The second-order valence-electron chi connectivity index (χ2n) is 4.01. The van der Waals surface area contributed by atoms with E-state index in [1.54, 1.807) is 6.07 Å². The molecule has 1 aromatic rings. The van der Waals surface area contributed by atoms with Gasteiger partial charge >= 0.3 is 0 Å². The summed E-state index contributed by atoms with van der Waals surface area (Å²) in [5.41, 5.74) is 1.01. The zero-order valence-corrected chi connectivity index (χ0v) is 7.79. The third kappa shape index (κ3) is 1.12. The highest BCUT2D eigenvalue weighted by Crippen LogP contribution is 2.34. The maximum Gasteiger partial charge on any atom is 0.165 e. The van der Waals surface area contributed by atoms with Gasteiger partial charge in [-0.05, 0) is 18.1 Å². The van der Waals surface area contributed by atoms with Crippen molar-refractivity contribution in [1.82, 2.24) is 5.32 Å². The summed E-state index contributed by atoms with van der Waals surface area (Å²) in [4.78, 5) is 0. The first-order valence-electron chi connectivity index (χ1n) is 4.99. The van der Waals surface area contributed by atoms with Crippen molar-refractivity contribution in [2.45, 2.75) is 12.5 Å². The fourth-order valence-electron chi connectivity index (χ4n) is 2.33. The van der Waals surface area contributed by atoms with Crippen molar-refractivity contribution in [3.05, 3.63) is 29.6 Å². The quantitative estimate of drug-likeness (QED) is 0.671. The molecule has 74 valence electrons. The summed E-state index contributed by atoms with van der Waals surface area (Å²) in [5, 5.41) is 3.27. The van der Waals surface area contributed by atoms with Gasteiger partial charge in [-0.15, -0.1) is 0 Å². The summed E-state index contributed by atoms with van der Waals surface area (Å²) in [5.74, 6) is 0.759. The predicted octanol–water partition coefficient (Wildman–Crippen LogP) is 1.35. The Balaban J connectivity index is 2.01. The summed E-state index contributed by atoms with van der Waals surface area (Å²) >= 11 is 0. The number of benzene rings is 1. The Morgan fingerprint density at radius 3 is 3.21 bits per heavy atom. The third-order valence-corrected chi connectivity index (χ3v) is 3.08. The van der Waals surface area contributed by atoms with Gasteiger partial charge in [0.25, 0.3) is 0 Å². The van der Waals surface area contributed by atoms with Crippen molar-refractivity contribution in [1.29, 1.82) is 0 Å². The van der Waals surface area contributed by atoms with Gasteiger partial charge in [0.05, 0.1) is 0 Å². The number of ether oxygens (including phenoxy) is 1. The Hall–Kier alpha value is -1.09. The van der Waals surface area contributed by atoms with Gasteiger partial charge in [-0.2, -0.15) is 0 Å². The first kappa shape index (κ1) is 8.24. The van der Waals surface area contributed by atoms with Crippen LogP contribution >= 0.6 is 0 Å². The van der Waals surface area contributed by atoms with Crippen LogP contribution in [0.4, 0.5) is 4.39 Å². The van der Waals surface area contributed by atoms with Crippen LogP contribution in [0.3, 0.4) is 0 Å². The SMILES string of the molecule is Fc1cccc2c1OC1CNCC1C2. The Bertz CT molecular complexity index is 366. The molecule has 3 rings (SSSR count). The Morgan fingerprint density at radius 2 is 2.29 bits per heavy atom. The van der Waals surface area contributed by atoms with E-state index in [0.29, 0.717) is 11.7 Å². The second-order valence-corrected chi connectivity index (χ2v) is 4.01. The van der Waals surface area contributed by atoms with E-state index < -0.39 is 0 Å². The third-order valence-electron chi connectivity index (χ3n) is 3.08. The molecule has 0 aromatic heterocycles. The van der Waals surface area contributed by atoms with Crippen LogP contribution in [-0.2, 0) is 6.42 Å². The van der Waals surface area contributed by atoms with Crippen LogP contribution in [0.5, 0.6) is 5.75 Å². The highest BCUT2D eigenvalue weighted by molar-refractivity contribution is 5.37. The molecule has 2 atom stereocenters. The van der Waals surface area contributed by atoms with E-state index in [4.69, 9.17) is 4.74 Å². The highest BCUT2D eigenvalue weighted by Gasteiger charge is 2.34. The van der Waals surface area contributed by atoms with E-state index >= 15 is 0 Å². The van der Waals surface area contributed by atoms with Crippen molar-refractivity contribution < 1.29 is 9.13 Å². The Morgan fingerprint density at radius 1 is 1.36 bits per heavy atom. The van der Waals surface area contributed by atoms with Gasteiger partial charge in [0.1, 0.15) is 6.10 Å². The molecule has 0 bridgehead atoms. The minimum absolute atomic E-state index is 0.166. The summed E-state index contributed by atoms with van der Waals surface area (Å²) in [7, 11) is 0. The molecule has 0 saturated carbocycles. The van der Waals surface area contributed by atoms with Crippen molar-refractivity contribution in [3.63, 3.8) is 0 Å². The molecule has 0 radical (unpaired) electrons. The molecule has 2 unspecified atom stereocenters. The van der Waals surface area contributed by atoms with Crippen LogP contribution < -0.4 is 10.1 Å². The molecule has 3 heteroatoms. The molecular weight excluding hydrogens is 181 g/mol. The molecule has 0 amide bonds. The molecular formula is C11H12FNO. The minimum Gasteiger partial charge on any atom is -0.485 e. The number of rotatable bonds is 0. The van der Waals surface area contributed by atoms with E-state index in [1.807, 2.05) is 6.07 Å². The first-order chi connectivity index (χ1) is 6.84. The number of fused-ring (bicyclic) bond motifs is 2. The van der Waals surface area contributed by atoms with Gasteiger partial charge in [-0.1, -0.05) is 12.1 Å². The number of halogens is 1. The lowest BCUT2D eigenvalue weighted by Crippen LogP contribution is -2.32. The minimum atomic E-state index is -0.229. The molecule has 2 nitrogen and oxygen atoms in total. The van der Waals surface area contributed by atoms with Gasteiger partial charge in [0.15, 0.2) is 11.6 Å². The monoisotopic (exact) mass is 193 g/mol. The van der Waals surface area contributed by atoms with Crippen LogP contribution in [0.2, 0.25) is 0 Å². The van der Waals surface area contributed by atoms with Gasteiger partial charge in [0.2, 0.25) is 0 Å². The van der Waals surface area contributed by atoms with Crippen LogP contribution in [0, 0.1) is 11.7 Å². The standard InChI is InChI=1S/C11H12FNO/c12-9-3-1-2-7-4-8-5-13-6-10(8)14-11(7)9/h1-3,8,10,13H,4-6H2. The van der Waals surface area contributed by atoms with Crippen LogP contribution in [0.25, 0.3) is 0 Å². The van der Waals surface area contributed by atoms with E-state index in [1.165, 1.54) is 6.07 Å². The van der Waals surface area contributed by atoms with Crippen molar-refractivity contribution in [2.75, 3.05) is 13.1 Å². The summed E-state index contributed by atoms with van der Waals surface area (Å²) < 4.78 is 19.0. The summed E-state index contributed by atoms with van der Waals surface area (Å²) in [6.45, 7) is 1.83. The molecule has 1 N–H and O–H groups in total. The van der Waals surface area contributed by atoms with Gasteiger partial charge in [-0.25, -0.2) is 4.39 Å². The van der Waals surface area contributed by atoms with Crippen molar-refractivity contribution in [2.24, 2.45) is 5.92 Å². The first-order valence-corrected chi connectivity index (χ1v) is 4.99. The van der Waals surface area contributed by atoms with Crippen LogP contribution in [-0.4, -0.2) is 19.2 Å². The number of nitrogens with one attached hydrogen (secondary N) is 1. The summed E-state index contributed by atoms with van der Waals surface area (Å²) in [6.07, 6.45) is 1.10. The van der Waals surface area contributed by atoms with Crippen molar-refractivity contribution in [3.8, 4) is 5.75 Å². The molecule has 2 aliphatic rings. The van der Waals surface area contributed by atoms with Crippen LogP contribution in [0.15, 0.2) is 18.2 Å². The van der Waals surface area contributed by atoms with E-state index in [-0.39, 0.29) is 11.9 Å².